The highest BCUT2D eigenvalue weighted by Gasteiger charge is 2.32. The molecule has 0 spiro atoms. The second-order valence-electron chi connectivity index (χ2n) is 10.3. The number of anilines is 1. The quantitative estimate of drug-likeness (QED) is 0.247. The SMILES string of the molecule is COc1cc2ncnc(Oc3cc(C(=O)Nc4cc(OC5CCN(C)CC5)cc(C(F)(F)F)c4)ccc3C)c2cc1OC. The Balaban J connectivity index is 1.40. The van der Waals surface area contributed by atoms with Crippen molar-refractivity contribution in [1.82, 2.24) is 14.9 Å². The van der Waals surface area contributed by atoms with Gasteiger partial charge >= 0.3 is 6.18 Å². The van der Waals surface area contributed by atoms with Crippen LogP contribution in [0.3, 0.4) is 0 Å². The lowest BCUT2D eigenvalue weighted by Gasteiger charge is -2.29. The minimum Gasteiger partial charge on any atom is -0.493 e. The first kappa shape index (κ1) is 29.9. The number of ether oxygens (including phenoxy) is 4. The number of methoxy groups -OCH3 is 2. The Hall–Kier alpha value is -4.58. The van der Waals surface area contributed by atoms with E-state index in [-0.39, 0.29) is 29.0 Å². The molecule has 0 saturated carbocycles. The number of hydrogen-bond donors (Lipinski definition) is 1. The molecule has 0 aliphatic carbocycles. The van der Waals surface area contributed by atoms with Gasteiger partial charge in [-0.3, -0.25) is 4.79 Å². The molecule has 12 heteroatoms. The number of nitrogens with zero attached hydrogens (tertiary/aromatic N) is 3. The zero-order valence-electron chi connectivity index (χ0n) is 24.1. The molecule has 1 N–H and O–H groups in total. The molecule has 2 heterocycles. The Morgan fingerprint density at radius 1 is 0.953 bits per heavy atom. The van der Waals surface area contributed by atoms with Crippen molar-refractivity contribution in [3.05, 3.63) is 71.5 Å². The molecule has 1 amide bonds. The van der Waals surface area contributed by atoms with Crippen LogP contribution in [0.5, 0.6) is 28.9 Å². The van der Waals surface area contributed by atoms with Crippen molar-refractivity contribution in [1.29, 1.82) is 0 Å². The van der Waals surface area contributed by atoms with Gasteiger partial charge in [0.1, 0.15) is 23.9 Å². The van der Waals surface area contributed by atoms with Gasteiger partial charge in [-0.2, -0.15) is 13.2 Å². The Morgan fingerprint density at radius 3 is 2.37 bits per heavy atom. The van der Waals surface area contributed by atoms with Crippen LogP contribution in [-0.2, 0) is 6.18 Å². The molecular weight excluding hydrogens is 565 g/mol. The van der Waals surface area contributed by atoms with E-state index in [4.69, 9.17) is 18.9 Å². The van der Waals surface area contributed by atoms with Crippen LogP contribution < -0.4 is 24.3 Å². The topological polar surface area (TPSA) is 95.0 Å². The first-order valence-electron chi connectivity index (χ1n) is 13.6. The van der Waals surface area contributed by atoms with Crippen molar-refractivity contribution in [3.63, 3.8) is 0 Å². The third-order valence-corrected chi connectivity index (χ3v) is 7.22. The maximum absolute atomic E-state index is 13.7. The van der Waals surface area contributed by atoms with Gasteiger partial charge in [-0.15, -0.1) is 0 Å². The molecule has 43 heavy (non-hydrogen) atoms. The molecule has 9 nitrogen and oxygen atoms in total. The summed E-state index contributed by atoms with van der Waals surface area (Å²) in [5.74, 6) is 0.936. The molecule has 1 aliphatic rings. The minimum atomic E-state index is -4.62. The molecule has 1 fully saturated rings. The number of carbonyl (C=O) groups excluding carboxylic acids is 1. The lowest BCUT2D eigenvalue weighted by atomic mass is 10.1. The van der Waals surface area contributed by atoms with Crippen LogP contribution in [0.25, 0.3) is 10.9 Å². The van der Waals surface area contributed by atoms with E-state index in [2.05, 4.69) is 20.2 Å². The Morgan fingerprint density at radius 2 is 1.67 bits per heavy atom. The van der Waals surface area contributed by atoms with Crippen molar-refractivity contribution >= 4 is 22.5 Å². The first-order valence-corrected chi connectivity index (χ1v) is 13.6. The van der Waals surface area contributed by atoms with Crippen LogP contribution in [0.2, 0.25) is 0 Å². The van der Waals surface area contributed by atoms with Crippen LogP contribution >= 0.6 is 0 Å². The van der Waals surface area contributed by atoms with E-state index in [0.717, 1.165) is 25.2 Å². The molecule has 0 radical (unpaired) electrons. The maximum Gasteiger partial charge on any atom is 0.416 e. The van der Waals surface area contributed by atoms with E-state index < -0.39 is 17.6 Å². The molecule has 1 saturated heterocycles. The highest BCUT2D eigenvalue weighted by molar-refractivity contribution is 6.04. The number of halogens is 3. The lowest BCUT2D eigenvalue weighted by Crippen LogP contribution is -2.35. The van der Waals surface area contributed by atoms with Gasteiger partial charge in [-0.1, -0.05) is 6.07 Å². The Bertz CT molecular complexity index is 1640. The van der Waals surface area contributed by atoms with E-state index in [9.17, 15) is 18.0 Å². The molecule has 0 unspecified atom stereocenters. The summed E-state index contributed by atoms with van der Waals surface area (Å²) in [6.45, 7) is 3.37. The van der Waals surface area contributed by atoms with Gasteiger partial charge in [0.05, 0.1) is 30.7 Å². The molecule has 5 rings (SSSR count). The molecule has 1 aromatic heterocycles. The summed E-state index contributed by atoms with van der Waals surface area (Å²) in [6, 6.07) is 11.4. The van der Waals surface area contributed by atoms with E-state index in [1.165, 1.54) is 32.7 Å². The summed E-state index contributed by atoms with van der Waals surface area (Å²) in [7, 11) is 5.01. The summed E-state index contributed by atoms with van der Waals surface area (Å²) in [4.78, 5) is 23.9. The fourth-order valence-corrected chi connectivity index (χ4v) is 4.80. The third-order valence-electron chi connectivity index (χ3n) is 7.22. The van der Waals surface area contributed by atoms with Crippen molar-refractivity contribution in [2.24, 2.45) is 0 Å². The highest BCUT2D eigenvalue weighted by Crippen LogP contribution is 2.37. The Kier molecular flexibility index (Phi) is 8.58. The number of piperidine rings is 1. The number of fused-ring (bicyclic) bond motifs is 1. The predicted molar refractivity (Wildman–Crippen MR) is 154 cm³/mol. The number of hydrogen-bond acceptors (Lipinski definition) is 8. The molecule has 0 bridgehead atoms. The van der Waals surface area contributed by atoms with Crippen LogP contribution in [-0.4, -0.2) is 61.2 Å². The van der Waals surface area contributed by atoms with E-state index in [0.29, 0.717) is 46.6 Å². The second-order valence-corrected chi connectivity index (χ2v) is 10.3. The van der Waals surface area contributed by atoms with Gasteiger partial charge in [-0.05, 0) is 62.7 Å². The van der Waals surface area contributed by atoms with Crippen LogP contribution in [0.1, 0.15) is 34.3 Å². The van der Waals surface area contributed by atoms with Gasteiger partial charge in [0, 0.05) is 36.5 Å². The molecule has 4 aromatic rings. The minimum absolute atomic E-state index is 0.0337. The Labute approximate surface area is 246 Å². The number of likely N-dealkylation sites (tertiary alicyclic amines) is 1. The standard InChI is InChI=1S/C31H31F3N4O5/c1-18-5-6-19(11-26(18)43-30-24-15-27(40-3)28(41-4)16-25(24)35-17-36-30)29(39)37-21-12-20(31(32,33)34)13-23(14-21)42-22-7-9-38(2)10-8-22/h5-6,11-17,22H,7-10H2,1-4H3,(H,37,39). The molecule has 3 aromatic carbocycles. The number of aromatic nitrogens is 2. The molecule has 1 aliphatic heterocycles. The van der Waals surface area contributed by atoms with Crippen LogP contribution in [0.4, 0.5) is 18.9 Å². The summed E-state index contributed by atoms with van der Waals surface area (Å²) in [5.41, 5.74) is 0.486. The van der Waals surface area contributed by atoms with Crippen molar-refractivity contribution in [3.8, 4) is 28.9 Å². The first-order chi connectivity index (χ1) is 20.5. The molecule has 0 atom stereocenters. The number of amides is 1. The maximum atomic E-state index is 13.7. The summed E-state index contributed by atoms with van der Waals surface area (Å²) in [6.07, 6.45) is -2.10. The average molecular weight is 597 g/mol. The van der Waals surface area contributed by atoms with Crippen molar-refractivity contribution in [2.75, 3.05) is 39.7 Å². The predicted octanol–water partition coefficient (Wildman–Crippen LogP) is 6.49. The van der Waals surface area contributed by atoms with Gasteiger partial charge in [0.2, 0.25) is 5.88 Å². The number of aryl methyl sites for hydroxylation is 1. The average Bonchev–Trinajstić information content (AvgIpc) is 2.98. The van der Waals surface area contributed by atoms with Crippen LogP contribution in [0, 0.1) is 6.92 Å². The summed E-state index contributed by atoms with van der Waals surface area (Å²) in [5, 5.41) is 3.14. The monoisotopic (exact) mass is 596 g/mol. The van der Waals surface area contributed by atoms with E-state index >= 15 is 0 Å². The summed E-state index contributed by atoms with van der Waals surface area (Å²) >= 11 is 0. The van der Waals surface area contributed by atoms with Crippen molar-refractivity contribution in [2.45, 2.75) is 32.0 Å². The number of rotatable bonds is 8. The smallest absolute Gasteiger partial charge is 0.416 e. The highest BCUT2D eigenvalue weighted by atomic mass is 19.4. The number of benzene rings is 3. The second kappa shape index (κ2) is 12.3. The normalized spacial score (nSPS) is 14.4. The fourth-order valence-electron chi connectivity index (χ4n) is 4.80. The number of carbonyl (C=O) groups is 1. The third kappa shape index (κ3) is 6.91. The lowest BCUT2D eigenvalue weighted by molar-refractivity contribution is -0.137. The number of nitrogens with one attached hydrogen (secondary N) is 1. The zero-order chi connectivity index (χ0) is 30.7. The van der Waals surface area contributed by atoms with Gasteiger partial charge in [0.25, 0.3) is 5.91 Å². The van der Waals surface area contributed by atoms with E-state index in [1.54, 1.807) is 31.2 Å². The molecular formula is C31H31F3N4O5. The zero-order valence-corrected chi connectivity index (χ0v) is 24.1. The molecule has 226 valence electrons. The largest absolute Gasteiger partial charge is 0.493 e. The van der Waals surface area contributed by atoms with Crippen molar-refractivity contribution < 1.29 is 36.9 Å². The fraction of sp³-hybridized carbons (Fsp3) is 0.323. The van der Waals surface area contributed by atoms with E-state index in [1.807, 2.05) is 7.05 Å². The number of alkyl halides is 3. The van der Waals surface area contributed by atoms with Crippen LogP contribution in [0.15, 0.2) is 54.9 Å². The van der Waals surface area contributed by atoms with Gasteiger partial charge in [-0.25, -0.2) is 9.97 Å². The van der Waals surface area contributed by atoms with Gasteiger partial charge in [0.15, 0.2) is 11.5 Å². The van der Waals surface area contributed by atoms with Gasteiger partial charge < -0.3 is 29.2 Å². The summed E-state index contributed by atoms with van der Waals surface area (Å²) < 4.78 is 63.9.